The van der Waals surface area contributed by atoms with E-state index in [9.17, 15) is 19.0 Å². The lowest BCUT2D eigenvalue weighted by molar-refractivity contribution is -0.143. The Hall–Kier alpha value is -1.89. The second-order valence-corrected chi connectivity index (χ2v) is 6.70. The summed E-state index contributed by atoms with van der Waals surface area (Å²) in [6.45, 7) is 0.0388. The number of rotatable bonds is 8. The number of methoxy groups -OCH3 is 1. The summed E-state index contributed by atoms with van der Waals surface area (Å²) in [7, 11) is -1.54. The molecule has 1 amide bonds. The Morgan fingerprint density at radius 1 is 1.26 bits per heavy atom. The number of carbonyl (C=O) groups is 2. The van der Waals surface area contributed by atoms with E-state index in [4.69, 9.17) is 4.74 Å². The van der Waals surface area contributed by atoms with Crippen LogP contribution in [0.15, 0.2) is 30.3 Å². The first-order valence-electron chi connectivity index (χ1n) is 6.80. The van der Waals surface area contributed by atoms with Gasteiger partial charge in [0, 0.05) is 7.11 Å². The number of hydrogen-bond acceptors (Lipinski definition) is 6. The summed E-state index contributed by atoms with van der Waals surface area (Å²) in [5.41, 5.74) is 0.788. The van der Waals surface area contributed by atoms with Crippen LogP contribution in [-0.4, -0.2) is 43.4 Å². The van der Waals surface area contributed by atoms with Gasteiger partial charge in [0.1, 0.15) is 12.6 Å². The zero-order valence-electron chi connectivity index (χ0n) is 12.9. The molecular weight excluding hydrogens is 325 g/mol. The molecule has 8 nitrogen and oxygen atoms in total. The molecule has 0 aliphatic heterocycles. The standard InChI is InChI=1S/C14H20NO7P/c1-20-13(16)12(8-9-23(18,19)21-2)15-14(17)22-10-11-6-4-3-5-7-11/h3-7,12H,8-10H2,1-2H3,(H,15,17)(H,18,19). The summed E-state index contributed by atoms with van der Waals surface area (Å²) in [5, 5.41) is 2.31. The van der Waals surface area contributed by atoms with Crippen LogP contribution in [0.3, 0.4) is 0 Å². The van der Waals surface area contributed by atoms with E-state index < -0.39 is 25.7 Å². The van der Waals surface area contributed by atoms with Crippen molar-refractivity contribution in [3.8, 4) is 0 Å². The maximum Gasteiger partial charge on any atom is 0.408 e. The van der Waals surface area contributed by atoms with Crippen LogP contribution < -0.4 is 5.32 Å². The number of ether oxygens (including phenoxy) is 2. The van der Waals surface area contributed by atoms with Gasteiger partial charge in [-0.3, -0.25) is 4.57 Å². The van der Waals surface area contributed by atoms with Crippen LogP contribution in [-0.2, 0) is 30.0 Å². The summed E-state index contributed by atoms with van der Waals surface area (Å²) in [6.07, 6.45) is -1.24. The van der Waals surface area contributed by atoms with Crippen molar-refractivity contribution in [1.82, 2.24) is 5.32 Å². The molecule has 2 N–H and O–H groups in total. The van der Waals surface area contributed by atoms with Crippen LogP contribution in [0.25, 0.3) is 0 Å². The zero-order chi connectivity index (χ0) is 17.3. The molecule has 1 aromatic rings. The highest BCUT2D eigenvalue weighted by Gasteiger charge is 2.27. The van der Waals surface area contributed by atoms with Crippen LogP contribution in [0.5, 0.6) is 0 Å². The van der Waals surface area contributed by atoms with E-state index in [1.54, 1.807) is 24.3 Å². The van der Waals surface area contributed by atoms with Gasteiger partial charge in [0.25, 0.3) is 0 Å². The van der Waals surface area contributed by atoms with Gasteiger partial charge in [-0.15, -0.1) is 0 Å². The first-order chi connectivity index (χ1) is 10.9. The van der Waals surface area contributed by atoms with E-state index >= 15 is 0 Å². The van der Waals surface area contributed by atoms with Crippen molar-refractivity contribution in [2.24, 2.45) is 0 Å². The van der Waals surface area contributed by atoms with Gasteiger partial charge < -0.3 is 24.2 Å². The third-order valence-corrected chi connectivity index (χ3v) is 4.37. The van der Waals surface area contributed by atoms with Crippen molar-refractivity contribution in [1.29, 1.82) is 0 Å². The van der Waals surface area contributed by atoms with Gasteiger partial charge in [-0.25, -0.2) is 9.59 Å². The van der Waals surface area contributed by atoms with Gasteiger partial charge in [-0.1, -0.05) is 30.3 Å². The summed E-state index contributed by atoms with van der Waals surface area (Å²) >= 11 is 0. The molecule has 0 heterocycles. The second-order valence-electron chi connectivity index (χ2n) is 4.61. The topological polar surface area (TPSA) is 111 Å². The lowest BCUT2D eigenvalue weighted by Gasteiger charge is -2.17. The number of alkyl carbamates (subject to hydrolysis) is 1. The predicted octanol–water partition coefficient (Wildman–Crippen LogP) is 1.68. The number of amides is 1. The summed E-state index contributed by atoms with van der Waals surface area (Å²) < 4.78 is 25.4. The van der Waals surface area contributed by atoms with E-state index in [0.717, 1.165) is 19.8 Å². The molecule has 0 saturated carbocycles. The fourth-order valence-corrected chi connectivity index (χ4v) is 2.45. The third-order valence-electron chi connectivity index (χ3n) is 2.98. The maximum atomic E-state index is 11.7. The molecule has 0 aliphatic carbocycles. The first kappa shape index (κ1) is 19.2. The number of nitrogens with one attached hydrogen (secondary N) is 1. The van der Waals surface area contributed by atoms with Crippen molar-refractivity contribution in [3.05, 3.63) is 35.9 Å². The molecule has 2 unspecified atom stereocenters. The van der Waals surface area contributed by atoms with Gasteiger partial charge in [-0.2, -0.15) is 0 Å². The monoisotopic (exact) mass is 345 g/mol. The van der Waals surface area contributed by atoms with E-state index in [2.05, 4.69) is 14.6 Å². The minimum atomic E-state index is -3.78. The van der Waals surface area contributed by atoms with Crippen LogP contribution >= 0.6 is 7.60 Å². The highest BCUT2D eigenvalue weighted by atomic mass is 31.2. The van der Waals surface area contributed by atoms with E-state index in [1.807, 2.05) is 6.07 Å². The first-order valence-corrected chi connectivity index (χ1v) is 8.57. The molecule has 128 valence electrons. The Morgan fingerprint density at radius 2 is 1.91 bits per heavy atom. The molecule has 0 aromatic heterocycles. The molecule has 0 fully saturated rings. The Morgan fingerprint density at radius 3 is 2.48 bits per heavy atom. The molecule has 2 atom stereocenters. The van der Waals surface area contributed by atoms with Crippen molar-refractivity contribution in [3.63, 3.8) is 0 Å². The van der Waals surface area contributed by atoms with E-state index in [1.165, 1.54) is 0 Å². The average Bonchev–Trinajstić information content (AvgIpc) is 2.57. The molecule has 9 heteroatoms. The van der Waals surface area contributed by atoms with Gasteiger partial charge in [-0.05, 0) is 12.0 Å². The Bertz CT molecular complexity index is 564. The van der Waals surface area contributed by atoms with Gasteiger partial charge in [0.15, 0.2) is 0 Å². The van der Waals surface area contributed by atoms with Gasteiger partial charge in [0.2, 0.25) is 0 Å². The number of carbonyl (C=O) groups excluding carboxylic acids is 2. The highest BCUT2D eigenvalue weighted by molar-refractivity contribution is 7.52. The fraction of sp³-hybridized carbons (Fsp3) is 0.429. The van der Waals surface area contributed by atoms with E-state index in [0.29, 0.717) is 0 Å². The molecule has 0 aliphatic rings. The Kier molecular flexibility index (Phi) is 7.74. The molecular formula is C14H20NO7P. The van der Waals surface area contributed by atoms with Crippen LogP contribution in [0.1, 0.15) is 12.0 Å². The van der Waals surface area contributed by atoms with Gasteiger partial charge in [0.05, 0.1) is 13.3 Å². The van der Waals surface area contributed by atoms with Crippen LogP contribution in [0.2, 0.25) is 0 Å². The normalized spacial score (nSPS) is 14.4. The van der Waals surface area contributed by atoms with Crippen LogP contribution in [0, 0.1) is 0 Å². The minimum Gasteiger partial charge on any atom is -0.467 e. The summed E-state index contributed by atoms with van der Waals surface area (Å²) in [4.78, 5) is 32.7. The largest absolute Gasteiger partial charge is 0.467 e. The Balaban J connectivity index is 2.53. The van der Waals surface area contributed by atoms with Crippen molar-refractivity contribution < 1.29 is 33.0 Å². The third kappa shape index (κ3) is 7.27. The zero-order valence-corrected chi connectivity index (χ0v) is 13.8. The number of hydrogen-bond donors (Lipinski definition) is 2. The van der Waals surface area contributed by atoms with Crippen LogP contribution in [0.4, 0.5) is 4.79 Å². The molecule has 1 aromatic carbocycles. The SMILES string of the molecule is COC(=O)C(CCP(=O)(O)OC)NC(=O)OCc1ccccc1. The number of benzene rings is 1. The molecule has 0 spiro atoms. The van der Waals surface area contributed by atoms with Crippen molar-refractivity contribution in [2.45, 2.75) is 19.1 Å². The molecule has 0 bridgehead atoms. The average molecular weight is 345 g/mol. The van der Waals surface area contributed by atoms with Crippen molar-refractivity contribution in [2.75, 3.05) is 20.4 Å². The second kappa shape index (κ2) is 9.29. The lowest BCUT2D eigenvalue weighted by atomic mass is 10.2. The molecule has 0 radical (unpaired) electrons. The number of esters is 1. The van der Waals surface area contributed by atoms with Crippen molar-refractivity contribution >= 4 is 19.7 Å². The molecule has 1 rings (SSSR count). The molecule has 0 saturated heterocycles. The van der Waals surface area contributed by atoms with Gasteiger partial charge >= 0.3 is 19.7 Å². The molecule has 23 heavy (non-hydrogen) atoms. The predicted molar refractivity (Wildman–Crippen MR) is 81.9 cm³/mol. The quantitative estimate of drug-likeness (QED) is 0.544. The summed E-state index contributed by atoms with van der Waals surface area (Å²) in [5.74, 6) is -0.738. The smallest absolute Gasteiger partial charge is 0.408 e. The Labute approximate surface area is 134 Å². The summed E-state index contributed by atoms with van der Waals surface area (Å²) in [6, 6.07) is 7.91. The van der Waals surface area contributed by atoms with E-state index in [-0.39, 0.29) is 19.2 Å². The minimum absolute atomic E-state index is 0.0388. The lowest BCUT2D eigenvalue weighted by Crippen LogP contribution is -2.42. The highest BCUT2D eigenvalue weighted by Crippen LogP contribution is 2.41. The fourth-order valence-electron chi connectivity index (χ4n) is 1.68. The maximum absolute atomic E-state index is 11.7.